The molecule has 0 radical (unpaired) electrons. The average Bonchev–Trinajstić information content (AvgIpc) is 3.83. The van der Waals surface area contributed by atoms with Crippen molar-refractivity contribution in [3.8, 4) is 33.6 Å². The van der Waals surface area contributed by atoms with Crippen LogP contribution in [0.2, 0.25) is 0 Å². The first-order chi connectivity index (χ1) is 25.3. The van der Waals surface area contributed by atoms with Crippen molar-refractivity contribution in [3.63, 3.8) is 0 Å². The lowest BCUT2D eigenvalue weighted by Gasteiger charge is -2.14. The zero-order valence-electron chi connectivity index (χ0n) is 28.1. The SMILES string of the molecule is C/C=C1/c2ccccc2-c2cccc(-n3c4ccccc4c4cc(-c5ccc6c(c5)c5ccccc5n6-c5ccc6ccccc6c5)ccc43)c21. The van der Waals surface area contributed by atoms with E-state index in [4.69, 9.17) is 0 Å². The lowest BCUT2D eigenvalue weighted by molar-refractivity contribution is 1.17. The van der Waals surface area contributed by atoms with Crippen LogP contribution in [0.3, 0.4) is 0 Å². The molecule has 8 aromatic carbocycles. The fourth-order valence-electron chi connectivity index (χ4n) is 8.78. The zero-order chi connectivity index (χ0) is 33.6. The molecule has 0 aliphatic heterocycles. The van der Waals surface area contributed by atoms with Crippen molar-refractivity contribution in [2.24, 2.45) is 0 Å². The van der Waals surface area contributed by atoms with Crippen molar-refractivity contribution in [2.75, 3.05) is 0 Å². The van der Waals surface area contributed by atoms with E-state index in [1.807, 2.05) is 0 Å². The molecule has 0 fully saturated rings. The monoisotopic (exact) mass is 648 g/mol. The number of hydrogen-bond acceptors (Lipinski definition) is 0. The molecule has 0 atom stereocenters. The summed E-state index contributed by atoms with van der Waals surface area (Å²) in [4.78, 5) is 0. The van der Waals surface area contributed by atoms with Crippen LogP contribution >= 0.6 is 0 Å². The summed E-state index contributed by atoms with van der Waals surface area (Å²) in [5, 5.41) is 7.55. The van der Waals surface area contributed by atoms with Gasteiger partial charge in [0.05, 0.1) is 27.8 Å². The normalized spacial score (nSPS) is 13.2. The van der Waals surface area contributed by atoms with Gasteiger partial charge in [-0.05, 0) is 106 Å². The predicted octanol–water partition coefficient (Wildman–Crippen LogP) is 13.1. The minimum absolute atomic E-state index is 1.18. The van der Waals surface area contributed by atoms with Crippen LogP contribution in [-0.4, -0.2) is 9.13 Å². The van der Waals surface area contributed by atoms with Crippen LogP contribution in [0.1, 0.15) is 18.1 Å². The van der Waals surface area contributed by atoms with E-state index >= 15 is 0 Å². The first kappa shape index (κ1) is 28.2. The molecule has 2 nitrogen and oxygen atoms in total. The summed E-state index contributed by atoms with van der Waals surface area (Å²) in [7, 11) is 0. The molecule has 2 heteroatoms. The highest BCUT2D eigenvalue weighted by atomic mass is 15.0. The van der Waals surface area contributed by atoms with Crippen LogP contribution in [0.25, 0.3) is 93.6 Å². The highest BCUT2D eigenvalue weighted by molar-refractivity contribution is 6.14. The fourth-order valence-corrected chi connectivity index (χ4v) is 8.78. The third-order valence-electron chi connectivity index (χ3n) is 11.0. The second-order valence-corrected chi connectivity index (χ2v) is 13.6. The van der Waals surface area contributed by atoms with Crippen molar-refractivity contribution < 1.29 is 0 Å². The standard InChI is InChI=1S/C49H32N2/c1-2-36-37-14-5-6-15-38(37)41-18-11-21-48(49(36)41)51-45-20-10-8-17-40(45)43-30-34(24-27-47(43)51)33-23-26-46-42(29-33)39-16-7-9-19-44(39)50(46)35-25-22-31-12-3-4-13-32(31)28-35/h2-30H,1H3/b36-2-. The summed E-state index contributed by atoms with van der Waals surface area (Å²) in [6, 6.07) is 62.6. The molecule has 2 aromatic heterocycles. The Morgan fingerprint density at radius 3 is 1.69 bits per heavy atom. The van der Waals surface area contributed by atoms with Crippen molar-refractivity contribution in [2.45, 2.75) is 6.92 Å². The first-order valence-corrected chi connectivity index (χ1v) is 17.7. The Morgan fingerprint density at radius 2 is 0.961 bits per heavy atom. The summed E-state index contributed by atoms with van der Waals surface area (Å²) in [6.45, 7) is 2.16. The molecule has 1 aliphatic rings. The van der Waals surface area contributed by atoms with Crippen LogP contribution in [0.4, 0.5) is 0 Å². The topological polar surface area (TPSA) is 9.86 Å². The van der Waals surface area contributed by atoms with E-state index in [1.165, 1.54) is 105 Å². The van der Waals surface area contributed by atoms with Gasteiger partial charge in [0.2, 0.25) is 0 Å². The number of para-hydroxylation sites is 2. The summed E-state index contributed by atoms with van der Waals surface area (Å²) in [5.74, 6) is 0. The van der Waals surface area contributed by atoms with Gasteiger partial charge in [0.1, 0.15) is 0 Å². The summed E-state index contributed by atoms with van der Waals surface area (Å²) < 4.78 is 4.89. The molecule has 51 heavy (non-hydrogen) atoms. The van der Waals surface area contributed by atoms with Crippen LogP contribution < -0.4 is 0 Å². The Labute approximate surface area is 295 Å². The molecule has 0 bridgehead atoms. The molecule has 11 rings (SSSR count). The Hall–Kier alpha value is -6.64. The van der Waals surface area contributed by atoms with Gasteiger partial charge in [-0.25, -0.2) is 0 Å². The number of nitrogens with zero attached hydrogens (tertiary/aromatic N) is 2. The summed E-state index contributed by atoms with van der Waals surface area (Å²) >= 11 is 0. The van der Waals surface area contributed by atoms with E-state index in [-0.39, 0.29) is 0 Å². The highest BCUT2D eigenvalue weighted by Crippen LogP contribution is 2.48. The molecule has 0 spiro atoms. The van der Waals surface area contributed by atoms with Crippen molar-refractivity contribution in [1.82, 2.24) is 9.13 Å². The van der Waals surface area contributed by atoms with E-state index < -0.39 is 0 Å². The highest BCUT2D eigenvalue weighted by Gasteiger charge is 2.27. The van der Waals surface area contributed by atoms with Gasteiger partial charge in [0, 0.05) is 32.8 Å². The quantitative estimate of drug-likeness (QED) is 0.180. The second kappa shape index (κ2) is 10.7. The number of fused-ring (bicyclic) bond motifs is 10. The fraction of sp³-hybridized carbons (Fsp3) is 0.0204. The molecule has 2 heterocycles. The Morgan fingerprint density at radius 1 is 0.392 bits per heavy atom. The van der Waals surface area contributed by atoms with E-state index in [0.717, 1.165) is 0 Å². The molecular weight excluding hydrogens is 617 g/mol. The van der Waals surface area contributed by atoms with Gasteiger partial charge in [-0.2, -0.15) is 0 Å². The number of aromatic nitrogens is 2. The summed E-state index contributed by atoms with van der Waals surface area (Å²) in [5.41, 5.74) is 16.2. The van der Waals surface area contributed by atoms with E-state index in [9.17, 15) is 0 Å². The maximum Gasteiger partial charge on any atom is 0.0546 e. The summed E-state index contributed by atoms with van der Waals surface area (Å²) in [6.07, 6.45) is 2.27. The molecule has 10 aromatic rings. The predicted molar refractivity (Wildman–Crippen MR) is 216 cm³/mol. The molecular formula is C49H32N2. The van der Waals surface area contributed by atoms with E-state index in [2.05, 4.69) is 192 Å². The van der Waals surface area contributed by atoms with Crippen molar-refractivity contribution in [3.05, 3.63) is 187 Å². The smallest absolute Gasteiger partial charge is 0.0546 e. The molecule has 1 aliphatic carbocycles. The van der Waals surface area contributed by atoms with Crippen LogP contribution in [-0.2, 0) is 0 Å². The van der Waals surface area contributed by atoms with Crippen molar-refractivity contribution in [1.29, 1.82) is 0 Å². The van der Waals surface area contributed by atoms with Crippen LogP contribution in [0.5, 0.6) is 0 Å². The van der Waals surface area contributed by atoms with Crippen LogP contribution in [0.15, 0.2) is 176 Å². The molecule has 0 N–H and O–H groups in total. The van der Waals surface area contributed by atoms with Gasteiger partial charge in [0.25, 0.3) is 0 Å². The largest absolute Gasteiger partial charge is 0.309 e. The lowest BCUT2D eigenvalue weighted by atomic mass is 10.0. The van der Waals surface area contributed by atoms with Gasteiger partial charge >= 0.3 is 0 Å². The first-order valence-electron chi connectivity index (χ1n) is 17.7. The van der Waals surface area contributed by atoms with Gasteiger partial charge in [-0.3, -0.25) is 0 Å². The molecule has 0 saturated heterocycles. The maximum atomic E-state index is 2.48. The van der Waals surface area contributed by atoms with Crippen molar-refractivity contribution >= 4 is 60.0 Å². The van der Waals surface area contributed by atoms with Gasteiger partial charge in [-0.15, -0.1) is 0 Å². The van der Waals surface area contributed by atoms with Crippen LogP contribution in [0, 0.1) is 0 Å². The van der Waals surface area contributed by atoms with E-state index in [1.54, 1.807) is 0 Å². The Balaban J connectivity index is 1.10. The third kappa shape index (κ3) is 3.99. The van der Waals surface area contributed by atoms with Gasteiger partial charge < -0.3 is 9.13 Å². The maximum absolute atomic E-state index is 2.48. The molecule has 238 valence electrons. The van der Waals surface area contributed by atoms with Gasteiger partial charge in [-0.1, -0.05) is 121 Å². The number of benzene rings is 8. The zero-order valence-corrected chi connectivity index (χ0v) is 28.1. The van der Waals surface area contributed by atoms with E-state index in [0.29, 0.717) is 0 Å². The molecule has 0 unspecified atom stereocenters. The lowest BCUT2D eigenvalue weighted by Crippen LogP contribution is -1.99. The molecule has 0 amide bonds. The van der Waals surface area contributed by atoms with Gasteiger partial charge in [0.15, 0.2) is 0 Å². The number of allylic oxidation sites excluding steroid dienone is 1. The minimum Gasteiger partial charge on any atom is -0.309 e. The Bertz CT molecular complexity index is 3090. The second-order valence-electron chi connectivity index (χ2n) is 13.6. The minimum atomic E-state index is 1.18. The average molecular weight is 649 g/mol. The molecule has 0 saturated carbocycles. The Kier molecular flexibility index (Phi) is 5.91. The number of rotatable bonds is 3. The number of hydrogen-bond donors (Lipinski definition) is 0. The third-order valence-corrected chi connectivity index (χ3v) is 11.0.